The van der Waals surface area contributed by atoms with E-state index in [1.54, 1.807) is 45.0 Å². The molecule has 1 atom stereocenters. The summed E-state index contributed by atoms with van der Waals surface area (Å²) in [6.45, 7) is 5.00. The van der Waals surface area contributed by atoms with E-state index in [4.69, 9.17) is 4.74 Å². The topological polar surface area (TPSA) is 125 Å². The number of aromatic hydroxyl groups is 1. The summed E-state index contributed by atoms with van der Waals surface area (Å²) in [6, 6.07) is 21.9. The number of benzene rings is 6. The van der Waals surface area contributed by atoms with Gasteiger partial charge >= 0.3 is 6.09 Å². The number of carbonyl (C=O) groups excluding carboxylic acids is 4. The van der Waals surface area contributed by atoms with Crippen LogP contribution in [0.2, 0.25) is 0 Å². The smallest absolute Gasteiger partial charge is 0.408 e. The first-order chi connectivity index (χ1) is 22.8. The van der Waals surface area contributed by atoms with Crippen LogP contribution in [0, 0.1) is 7.14 Å². The second kappa shape index (κ2) is 12.0. The van der Waals surface area contributed by atoms with Gasteiger partial charge in [0.1, 0.15) is 17.4 Å². The van der Waals surface area contributed by atoms with Crippen molar-refractivity contribution >= 4 is 112 Å². The predicted octanol–water partition coefficient (Wildman–Crippen LogP) is 7.63. The number of halogens is 2. The lowest BCUT2D eigenvalue weighted by molar-refractivity contribution is -0.123. The first kappa shape index (κ1) is 32.3. The molecule has 1 aliphatic rings. The highest BCUT2D eigenvalue weighted by Crippen LogP contribution is 2.43. The number of nitrogens with one attached hydrogen (secondary N) is 2. The molecule has 1 heterocycles. The molecule has 4 amide bonds. The van der Waals surface area contributed by atoms with Crippen molar-refractivity contribution in [3.05, 3.63) is 96.6 Å². The van der Waals surface area contributed by atoms with E-state index in [0.717, 1.165) is 42.6 Å². The number of carbonyl (C=O) groups is 4. The Balaban J connectivity index is 1.17. The molecule has 9 nitrogen and oxygen atoms in total. The third-order valence-corrected chi connectivity index (χ3v) is 10.2. The average Bonchev–Trinajstić information content (AvgIpc) is 3.04. The summed E-state index contributed by atoms with van der Waals surface area (Å²) in [4.78, 5) is 55.2. The van der Waals surface area contributed by atoms with Crippen molar-refractivity contribution in [3.8, 4) is 5.75 Å². The lowest BCUT2D eigenvalue weighted by Crippen LogP contribution is -2.47. The first-order valence-corrected chi connectivity index (χ1v) is 17.4. The van der Waals surface area contributed by atoms with Crippen molar-refractivity contribution in [2.75, 3.05) is 13.1 Å². The maximum Gasteiger partial charge on any atom is 0.408 e. The van der Waals surface area contributed by atoms with E-state index in [1.807, 2.05) is 69.4 Å². The molecule has 7 rings (SSSR count). The minimum atomic E-state index is -1.17. The summed E-state index contributed by atoms with van der Waals surface area (Å²) in [5.41, 5.74) is 0.496. The van der Waals surface area contributed by atoms with Crippen LogP contribution in [0.5, 0.6) is 5.75 Å². The van der Waals surface area contributed by atoms with Crippen LogP contribution in [0.4, 0.5) is 4.79 Å². The fraction of sp³-hybridized carbons (Fsp3) is 0.189. The Kier molecular flexibility index (Phi) is 8.09. The normalized spacial score (nSPS) is 13.9. The van der Waals surface area contributed by atoms with Gasteiger partial charge in [0.25, 0.3) is 11.8 Å². The van der Waals surface area contributed by atoms with E-state index in [9.17, 15) is 24.3 Å². The molecule has 3 N–H and O–H groups in total. The number of hydrogen-bond acceptors (Lipinski definition) is 6. The Morgan fingerprint density at radius 2 is 1.35 bits per heavy atom. The fourth-order valence-electron chi connectivity index (χ4n) is 6.55. The highest BCUT2D eigenvalue weighted by atomic mass is 127. The maximum absolute atomic E-state index is 13.9. The number of rotatable bonds is 6. The summed E-state index contributed by atoms with van der Waals surface area (Å²) in [5.74, 6) is -1.37. The maximum atomic E-state index is 13.9. The van der Waals surface area contributed by atoms with Gasteiger partial charge in [-0.2, -0.15) is 0 Å². The molecule has 0 fully saturated rings. The van der Waals surface area contributed by atoms with E-state index >= 15 is 0 Å². The molecule has 0 aromatic heterocycles. The zero-order valence-corrected chi connectivity index (χ0v) is 30.4. The third kappa shape index (κ3) is 5.46. The van der Waals surface area contributed by atoms with Crippen LogP contribution in [-0.4, -0.2) is 52.5 Å². The summed E-state index contributed by atoms with van der Waals surface area (Å²) >= 11 is 3.91. The van der Waals surface area contributed by atoms with E-state index in [2.05, 4.69) is 34.9 Å². The predicted molar refractivity (Wildman–Crippen MR) is 202 cm³/mol. The van der Waals surface area contributed by atoms with Gasteiger partial charge in [-0.25, -0.2) is 4.79 Å². The van der Waals surface area contributed by atoms with Crippen LogP contribution in [0.3, 0.4) is 0 Å². The van der Waals surface area contributed by atoms with E-state index in [1.165, 1.54) is 0 Å². The molecule has 1 aliphatic heterocycles. The lowest BCUT2D eigenvalue weighted by Gasteiger charge is -2.29. The summed E-state index contributed by atoms with van der Waals surface area (Å²) in [7, 11) is 0. The Hall–Kier alpha value is -4.24. The molecule has 0 bridgehead atoms. The number of phenolic OH excluding ortho intramolecular Hbond substituents is 1. The quantitative estimate of drug-likeness (QED) is 0.0685. The minimum Gasteiger partial charge on any atom is -0.506 e. The van der Waals surface area contributed by atoms with Crippen LogP contribution in [0.25, 0.3) is 43.1 Å². The Bertz CT molecular complexity index is 2230. The summed E-state index contributed by atoms with van der Waals surface area (Å²) < 4.78 is 6.40. The van der Waals surface area contributed by atoms with Gasteiger partial charge in [-0.1, -0.05) is 48.5 Å². The average molecular weight is 865 g/mol. The third-order valence-electron chi connectivity index (χ3n) is 8.53. The number of hydrogen-bond donors (Lipinski definition) is 3. The zero-order valence-electron chi connectivity index (χ0n) is 26.1. The van der Waals surface area contributed by atoms with Gasteiger partial charge in [-0.15, -0.1) is 0 Å². The SMILES string of the molecule is CC(C)(C)OC(=O)N[C@@H](C(=O)NCCN1C(=O)c2ccc3c4cccc5cccc(c6ccc(c2c36)C1=O)c54)c1cc(I)c(O)c(I)c1. The van der Waals surface area contributed by atoms with Gasteiger partial charge in [-0.05, 0) is 133 Å². The van der Waals surface area contributed by atoms with Gasteiger partial charge in [0, 0.05) is 29.6 Å². The summed E-state index contributed by atoms with van der Waals surface area (Å²) in [5, 5.41) is 23.6. The van der Waals surface area contributed by atoms with Crippen LogP contribution in [-0.2, 0) is 9.53 Å². The van der Waals surface area contributed by atoms with Crippen molar-refractivity contribution in [1.82, 2.24) is 15.5 Å². The number of alkyl carbamates (subject to hydrolysis) is 1. The Morgan fingerprint density at radius 1 is 0.812 bits per heavy atom. The fourth-order valence-corrected chi connectivity index (χ4v) is 8.36. The van der Waals surface area contributed by atoms with Crippen LogP contribution in [0.15, 0.2) is 72.8 Å². The second-order valence-electron chi connectivity index (χ2n) is 12.7. The van der Waals surface area contributed by atoms with Gasteiger partial charge in [-0.3, -0.25) is 19.3 Å². The molecule has 0 radical (unpaired) electrons. The number of imide groups is 1. The highest BCUT2D eigenvalue weighted by molar-refractivity contribution is 14.1. The van der Waals surface area contributed by atoms with Crippen molar-refractivity contribution in [2.24, 2.45) is 0 Å². The largest absolute Gasteiger partial charge is 0.506 e. The highest BCUT2D eigenvalue weighted by Gasteiger charge is 2.34. The molecular formula is C37H29I2N3O6. The molecule has 0 aliphatic carbocycles. The van der Waals surface area contributed by atoms with Gasteiger partial charge in [0.15, 0.2) is 0 Å². The first-order valence-electron chi connectivity index (χ1n) is 15.3. The van der Waals surface area contributed by atoms with E-state index in [0.29, 0.717) is 29.2 Å². The van der Waals surface area contributed by atoms with E-state index < -0.39 is 35.5 Å². The zero-order chi connectivity index (χ0) is 34.1. The van der Waals surface area contributed by atoms with Crippen LogP contribution < -0.4 is 10.6 Å². The molecule has 6 aromatic carbocycles. The monoisotopic (exact) mass is 865 g/mol. The van der Waals surface area contributed by atoms with Crippen LogP contribution >= 0.6 is 45.2 Å². The number of fused-ring (bicyclic) bond motifs is 2. The lowest BCUT2D eigenvalue weighted by atomic mass is 9.85. The van der Waals surface area contributed by atoms with Crippen molar-refractivity contribution < 1.29 is 29.0 Å². The van der Waals surface area contributed by atoms with Crippen molar-refractivity contribution in [2.45, 2.75) is 32.4 Å². The van der Waals surface area contributed by atoms with E-state index in [-0.39, 0.29) is 18.8 Å². The molecule has 48 heavy (non-hydrogen) atoms. The summed E-state index contributed by atoms with van der Waals surface area (Å²) in [6.07, 6.45) is -0.794. The second-order valence-corrected chi connectivity index (χ2v) is 15.1. The molecule has 11 heteroatoms. The number of amides is 4. The Labute approximate surface area is 302 Å². The van der Waals surface area contributed by atoms with Crippen LogP contribution in [0.1, 0.15) is 53.1 Å². The molecular weight excluding hydrogens is 836 g/mol. The van der Waals surface area contributed by atoms with Gasteiger partial charge < -0.3 is 20.5 Å². The molecule has 0 saturated carbocycles. The Morgan fingerprint density at radius 3 is 1.90 bits per heavy atom. The molecule has 0 spiro atoms. The molecule has 0 saturated heterocycles. The standard InChI is InChI=1S/C37H29I2N3O6/c1-37(2,3)48-36(47)41-31(19-16-26(38)32(43)27(39)17-19)33(44)40-14-15-42-34(45)24-12-10-22-20-8-4-6-18-7-5-9-21(28(18)20)23-11-13-25(35(42)46)30(24)29(22)23/h4-13,16-17,31,43H,14-15H2,1-3H3,(H,40,44)(H,41,47)/t31-/m1/s1. The molecule has 0 unspecified atom stereocenters. The molecule has 242 valence electrons. The van der Waals surface area contributed by atoms with Gasteiger partial charge in [0.2, 0.25) is 5.91 Å². The minimum absolute atomic E-state index is 0.0565. The van der Waals surface area contributed by atoms with Gasteiger partial charge in [0.05, 0.1) is 7.14 Å². The van der Waals surface area contributed by atoms with Crippen molar-refractivity contribution in [1.29, 1.82) is 0 Å². The molecule has 6 aromatic rings. The number of ether oxygens (including phenoxy) is 1. The number of phenols is 1. The van der Waals surface area contributed by atoms with Crippen molar-refractivity contribution in [3.63, 3.8) is 0 Å². The number of nitrogens with zero attached hydrogens (tertiary/aromatic N) is 1.